The minimum atomic E-state index is -4.34. The van der Waals surface area contributed by atoms with Crippen molar-refractivity contribution in [2.75, 3.05) is 19.8 Å². The summed E-state index contributed by atoms with van der Waals surface area (Å²) < 4.78 is 45.0. The van der Waals surface area contributed by atoms with E-state index in [9.17, 15) is 18.0 Å². The summed E-state index contributed by atoms with van der Waals surface area (Å²) in [5.41, 5.74) is -4.16. The zero-order chi connectivity index (χ0) is 18.5. The van der Waals surface area contributed by atoms with Gasteiger partial charge in [0, 0.05) is 5.41 Å². The van der Waals surface area contributed by atoms with Gasteiger partial charge in [0.1, 0.15) is 5.41 Å². The van der Waals surface area contributed by atoms with Gasteiger partial charge in [-0.25, -0.2) is 0 Å². The van der Waals surface area contributed by atoms with Crippen LogP contribution >= 0.6 is 0 Å². The molecule has 2 N–H and O–H groups in total. The molecular weight excluding hydrogens is 313 g/mol. The number of ether oxygens (including phenoxy) is 1. The molecular formula is C16H29F3O4. The smallest absolute Gasteiger partial charge is 0.394 e. The molecule has 2 atom stereocenters. The fourth-order valence-corrected chi connectivity index (χ4v) is 2.24. The summed E-state index contributed by atoms with van der Waals surface area (Å²) in [6.45, 7) is 6.01. The highest BCUT2D eigenvalue weighted by molar-refractivity contribution is 5.76. The molecule has 0 aromatic carbocycles. The monoisotopic (exact) mass is 342 g/mol. The van der Waals surface area contributed by atoms with Crippen molar-refractivity contribution in [2.45, 2.75) is 60.1 Å². The third-order valence-corrected chi connectivity index (χ3v) is 4.88. The molecule has 0 amide bonds. The Balaban J connectivity index is 5.10. The van der Waals surface area contributed by atoms with Crippen LogP contribution < -0.4 is 0 Å². The fourth-order valence-electron chi connectivity index (χ4n) is 2.24. The van der Waals surface area contributed by atoms with E-state index in [-0.39, 0.29) is 19.4 Å². The van der Waals surface area contributed by atoms with Gasteiger partial charge in [0.15, 0.2) is 0 Å². The number of carbonyl (C=O) groups is 1. The Bertz CT molecular complexity index is 393. The number of hydrogen-bond acceptors (Lipinski definition) is 4. The number of esters is 1. The molecule has 0 aliphatic heterocycles. The van der Waals surface area contributed by atoms with Crippen LogP contribution in [0.15, 0.2) is 0 Å². The lowest BCUT2D eigenvalue weighted by Gasteiger charge is -2.40. The molecule has 0 fully saturated rings. The quantitative estimate of drug-likeness (QED) is 0.631. The normalized spacial score (nSPS) is 18.2. The lowest BCUT2D eigenvalue weighted by Crippen LogP contribution is -2.43. The highest BCUT2D eigenvalue weighted by Crippen LogP contribution is 2.49. The maximum absolute atomic E-state index is 13.3. The van der Waals surface area contributed by atoms with Crippen LogP contribution in [-0.4, -0.2) is 42.2 Å². The standard InChI is InChI=1S/C16H29F3O4/c1-6-13(3,8-15(5,7-2)16(17,18)19)11-23-12(22)14(4,9-20)10-21/h20-21H,6-11H2,1-5H3. The molecule has 0 radical (unpaired) electrons. The third kappa shape index (κ3) is 5.35. The summed E-state index contributed by atoms with van der Waals surface area (Å²) in [4.78, 5) is 12.0. The van der Waals surface area contributed by atoms with Crippen LogP contribution in [0.3, 0.4) is 0 Å². The highest BCUT2D eigenvalue weighted by Gasteiger charge is 2.52. The first-order chi connectivity index (χ1) is 10.3. The lowest BCUT2D eigenvalue weighted by atomic mass is 9.70. The van der Waals surface area contributed by atoms with Gasteiger partial charge in [-0.3, -0.25) is 4.79 Å². The Morgan fingerprint density at radius 3 is 1.78 bits per heavy atom. The predicted molar refractivity (Wildman–Crippen MR) is 80.7 cm³/mol. The molecule has 0 saturated carbocycles. The zero-order valence-electron chi connectivity index (χ0n) is 14.6. The van der Waals surface area contributed by atoms with Gasteiger partial charge in [0.05, 0.1) is 25.2 Å². The summed E-state index contributed by atoms with van der Waals surface area (Å²) in [6, 6.07) is 0. The number of alkyl halides is 3. The Morgan fingerprint density at radius 2 is 1.48 bits per heavy atom. The van der Waals surface area contributed by atoms with Crippen LogP contribution in [0.25, 0.3) is 0 Å². The van der Waals surface area contributed by atoms with E-state index in [0.29, 0.717) is 6.42 Å². The van der Waals surface area contributed by atoms with E-state index >= 15 is 0 Å². The third-order valence-electron chi connectivity index (χ3n) is 4.88. The molecule has 0 bridgehead atoms. The molecule has 138 valence electrons. The van der Waals surface area contributed by atoms with Crippen LogP contribution in [0.2, 0.25) is 0 Å². The second-order valence-electron chi connectivity index (χ2n) is 7.21. The van der Waals surface area contributed by atoms with E-state index in [4.69, 9.17) is 14.9 Å². The first-order valence-electron chi connectivity index (χ1n) is 7.79. The van der Waals surface area contributed by atoms with Crippen molar-refractivity contribution in [1.29, 1.82) is 0 Å². The Kier molecular flexibility index (Phi) is 7.56. The number of aliphatic hydroxyl groups is 2. The van der Waals surface area contributed by atoms with Crippen LogP contribution in [0.4, 0.5) is 13.2 Å². The maximum atomic E-state index is 13.3. The van der Waals surface area contributed by atoms with E-state index in [0.717, 1.165) is 0 Å². The molecule has 23 heavy (non-hydrogen) atoms. The predicted octanol–water partition coefficient (Wildman–Crippen LogP) is 3.31. The molecule has 0 aliphatic rings. The van der Waals surface area contributed by atoms with Gasteiger partial charge in [-0.2, -0.15) is 13.2 Å². The summed E-state index contributed by atoms with van der Waals surface area (Å²) in [7, 11) is 0. The van der Waals surface area contributed by atoms with E-state index in [1.165, 1.54) is 20.8 Å². The molecule has 0 aliphatic carbocycles. The topological polar surface area (TPSA) is 66.8 Å². The van der Waals surface area contributed by atoms with E-state index in [2.05, 4.69) is 0 Å². The SMILES string of the molecule is CCC(C)(COC(=O)C(C)(CO)CO)CC(C)(CC)C(F)(F)F. The molecule has 0 aromatic heterocycles. The first-order valence-corrected chi connectivity index (χ1v) is 7.79. The summed E-state index contributed by atoms with van der Waals surface area (Å²) >= 11 is 0. The van der Waals surface area contributed by atoms with Crippen molar-refractivity contribution in [2.24, 2.45) is 16.2 Å². The summed E-state index contributed by atoms with van der Waals surface area (Å²) in [5.74, 6) is -0.813. The number of aliphatic hydroxyl groups excluding tert-OH is 2. The van der Waals surface area contributed by atoms with Crippen molar-refractivity contribution in [3.63, 3.8) is 0 Å². The number of rotatable bonds is 9. The average molecular weight is 342 g/mol. The first kappa shape index (κ1) is 22.2. The second-order valence-corrected chi connectivity index (χ2v) is 7.21. The molecule has 0 saturated heterocycles. The van der Waals surface area contributed by atoms with Crippen LogP contribution in [-0.2, 0) is 9.53 Å². The lowest BCUT2D eigenvalue weighted by molar-refractivity contribution is -0.231. The van der Waals surface area contributed by atoms with Gasteiger partial charge in [-0.15, -0.1) is 0 Å². The molecule has 0 rings (SSSR count). The number of halogens is 3. The molecule has 0 spiro atoms. The van der Waals surface area contributed by atoms with Crippen molar-refractivity contribution < 1.29 is 32.9 Å². The van der Waals surface area contributed by atoms with Gasteiger partial charge >= 0.3 is 12.1 Å². The largest absolute Gasteiger partial charge is 0.465 e. The van der Waals surface area contributed by atoms with Gasteiger partial charge in [0.2, 0.25) is 0 Å². The van der Waals surface area contributed by atoms with Crippen LogP contribution in [0.5, 0.6) is 0 Å². The fraction of sp³-hybridized carbons (Fsp3) is 0.938. The van der Waals surface area contributed by atoms with Gasteiger partial charge in [0.25, 0.3) is 0 Å². The van der Waals surface area contributed by atoms with Crippen LogP contribution in [0, 0.1) is 16.2 Å². The van der Waals surface area contributed by atoms with E-state index in [1.807, 2.05) is 0 Å². The summed E-state index contributed by atoms with van der Waals surface area (Å²) in [6.07, 6.45) is -4.17. The number of hydrogen-bond donors (Lipinski definition) is 2. The van der Waals surface area contributed by atoms with Gasteiger partial charge in [-0.05, 0) is 26.2 Å². The molecule has 7 heteroatoms. The molecule has 4 nitrogen and oxygen atoms in total. The Hall–Kier alpha value is -0.820. The number of carbonyl (C=O) groups excluding carboxylic acids is 1. The van der Waals surface area contributed by atoms with Crippen LogP contribution in [0.1, 0.15) is 53.9 Å². The minimum Gasteiger partial charge on any atom is -0.465 e. The molecule has 2 unspecified atom stereocenters. The average Bonchev–Trinajstić information content (AvgIpc) is 2.50. The highest BCUT2D eigenvalue weighted by atomic mass is 19.4. The molecule has 0 heterocycles. The van der Waals surface area contributed by atoms with Gasteiger partial charge in [-0.1, -0.05) is 27.7 Å². The Labute approximate surface area is 136 Å². The zero-order valence-corrected chi connectivity index (χ0v) is 14.6. The second kappa shape index (κ2) is 7.83. The van der Waals surface area contributed by atoms with Crippen molar-refractivity contribution in [1.82, 2.24) is 0 Å². The van der Waals surface area contributed by atoms with E-state index < -0.39 is 41.6 Å². The Morgan fingerprint density at radius 1 is 1.00 bits per heavy atom. The molecule has 0 aromatic rings. The van der Waals surface area contributed by atoms with Crippen molar-refractivity contribution >= 4 is 5.97 Å². The summed E-state index contributed by atoms with van der Waals surface area (Å²) in [5, 5.41) is 18.3. The minimum absolute atomic E-state index is 0.0645. The van der Waals surface area contributed by atoms with Crippen molar-refractivity contribution in [3.8, 4) is 0 Å². The maximum Gasteiger partial charge on any atom is 0.394 e. The van der Waals surface area contributed by atoms with Crippen molar-refractivity contribution in [3.05, 3.63) is 0 Å². The van der Waals surface area contributed by atoms with E-state index in [1.54, 1.807) is 13.8 Å². The van der Waals surface area contributed by atoms with Gasteiger partial charge < -0.3 is 14.9 Å².